The molecule has 1 N–H and O–H groups in total. The highest BCUT2D eigenvalue weighted by Gasteiger charge is 2.18. The van der Waals surface area contributed by atoms with Crippen LogP contribution in [0.25, 0.3) is 11.0 Å². The Morgan fingerprint density at radius 2 is 1.77 bits per heavy atom. The Balaban J connectivity index is 1.78. The van der Waals surface area contributed by atoms with Gasteiger partial charge in [0, 0.05) is 38.6 Å². The van der Waals surface area contributed by atoms with Gasteiger partial charge in [-0.25, -0.2) is 4.79 Å². The third-order valence-electron chi connectivity index (χ3n) is 5.52. The molecule has 1 aliphatic heterocycles. The van der Waals surface area contributed by atoms with Crippen LogP contribution in [0.3, 0.4) is 0 Å². The summed E-state index contributed by atoms with van der Waals surface area (Å²) in [4.78, 5) is 16.2. The van der Waals surface area contributed by atoms with Crippen molar-refractivity contribution in [1.82, 2.24) is 9.13 Å². The highest BCUT2D eigenvalue weighted by molar-refractivity contribution is 7.10. The quantitative estimate of drug-likeness (QED) is 0.758. The summed E-state index contributed by atoms with van der Waals surface area (Å²) in [6.07, 6.45) is 3.77. The summed E-state index contributed by atoms with van der Waals surface area (Å²) in [5.41, 5.74) is 5.66. The molecule has 4 rings (SSSR count). The van der Waals surface area contributed by atoms with Crippen LogP contribution in [0.1, 0.15) is 29.7 Å². The Morgan fingerprint density at radius 3 is 2.42 bits per heavy atom. The number of rotatable bonds is 4. The molecule has 0 aliphatic carbocycles. The molecular formula is C20H26N4OS. The van der Waals surface area contributed by atoms with Gasteiger partial charge in [0.2, 0.25) is 0 Å². The zero-order chi connectivity index (χ0) is 18.3. The lowest BCUT2D eigenvalue weighted by atomic mass is 10.1. The summed E-state index contributed by atoms with van der Waals surface area (Å²) in [5.74, 6) is 0. The zero-order valence-corrected chi connectivity index (χ0v) is 16.5. The van der Waals surface area contributed by atoms with Crippen molar-refractivity contribution >= 4 is 33.7 Å². The molecule has 0 bridgehead atoms. The van der Waals surface area contributed by atoms with E-state index in [2.05, 4.69) is 40.7 Å². The molecule has 6 heteroatoms. The van der Waals surface area contributed by atoms with Crippen molar-refractivity contribution in [2.24, 2.45) is 14.1 Å². The van der Waals surface area contributed by atoms with Crippen LogP contribution < -0.4 is 15.9 Å². The lowest BCUT2D eigenvalue weighted by Gasteiger charge is -2.31. The Morgan fingerprint density at radius 1 is 1.08 bits per heavy atom. The first-order valence-electron chi connectivity index (χ1n) is 9.27. The number of aryl methyl sites for hydroxylation is 3. The Hall–Kier alpha value is -2.21. The summed E-state index contributed by atoms with van der Waals surface area (Å²) in [7, 11) is 3.70. The lowest BCUT2D eigenvalue weighted by Crippen LogP contribution is -2.30. The van der Waals surface area contributed by atoms with E-state index in [0.717, 1.165) is 36.4 Å². The van der Waals surface area contributed by atoms with Crippen LogP contribution in [0.2, 0.25) is 0 Å². The number of anilines is 2. The zero-order valence-electron chi connectivity index (χ0n) is 15.7. The number of nitrogens with zero attached hydrogens (tertiary/aromatic N) is 3. The molecular weight excluding hydrogens is 344 g/mol. The van der Waals surface area contributed by atoms with Gasteiger partial charge >= 0.3 is 5.69 Å². The molecule has 138 valence electrons. The van der Waals surface area contributed by atoms with Crippen molar-refractivity contribution < 1.29 is 0 Å². The van der Waals surface area contributed by atoms with Gasteiger partial charge in [0.25, 0.3) is 0 Å². The first kappa shape index (κ1) is 17.2. The van der Waals surface area contributed by atoms with Gasteiger partial charge in [0.05, 0.1) is 22.4 Å². The number of nitrogens with one attached hydrogen (secondary N) is 1. The van der Waals surface area contributed by atoms with Crippen molar-refractivity contribution in [1.29, 1.82) is 0 Å². The number of aromatic nitrogens is 2. The molecule has 1 aromatic carbocycles. The van der Waals surface area contributed by atoms with Crippen LogP contribution in [-0.4, -0.2) is 22.2 Å². The van der Waals surface area contributed by atoms with Gasteiger partial charge < -0.3 is 10.2 Å². The van der Waals surface area contributed by atoms with Gasteiger partial charge in [0.15, 0.2) is 0 Å². The third-order valence-corrected chi connectivity index (χ3v) is 6.41. The maximum atomic E-state index is 12.4. The molecule has 26 heavy (non-hydrogen) atoms. The summed E-state index contributed by atoms with van der Waals surface area (Å²) >= 11 is 1.78. The Labute approximate surface area is 157 Å². The number of benzene rings is 1. The first-order valence-corrected chi connectivity index (χ1v) is 10.2. The van der Waals surface area contributed by atoms with Crippen molar-refractivity contribution in [2.45, 2.75) is 32.7 Å². The average molecular weight is 371 g/mol. The van der Waals surface area contributed by atoms with E-state index >= 15 is 0 Å². The van der Waals surface area contributed by atoms with E-state index in [1.54, 1.807) is 20.5 Å². The van der Waals surface area contributed by atoms with Crippen LogP contribution in [0.4, 0.5) is 11.4 Å². The third kappa shape index (κ3) is 2.92. The van der Waals surface area contributed by atoms with Crippen molar-refractivity contribution in [3.05, 3.63) is 44.5 Å². The largest absolute Gasteiger partial charge is 0.379 e. The van der Waals surface area contributed by atoms with Crippen molar-refractivity contribution in [3.63, 3.8) is 0 Å². The molecule has 1 saturated heterocycles. The van der Waals surface area contributed by atoms with Gasteiger partial charge in [-0.2, -0.15) is 0 Å². The molecule has 0 spiro atoms. The second kappa shape index (κ2) is 6.83. The Kier molecular flexibility index (Phi) is 4.53. The standard InChI is InChI=1S/C20H26N4OS/c1-14-15(7-10-26-14)13-21-16-11-18-19(23(3)20(25)22(18)2)12-17(16)24-8-5-4-6-9-24/h7,10-12,21H,4-6,8-9,13H2,1-3H3. The van der Waals surface area contributed by atoms with Gasteiger partial charge in [-0.15, -0.1) is 11.3 Å². The van der Waals surface area contributed by atoms with Crippen LogP contribution in [0.15, 0.2) is 28.4 Å². The number of thiophene rings is 1. The SMILES string of the molecule is Cc1sccc1CNc1cc2c(cc1N1CCCCC1)n(C)c(=O)n2C. The molecule has 5 nitrogen and oxygen atoms in total. The molecule has 0 atom stereocenters. The summed E-state index contributed by atoms with van der Waals surface area (Å²) < 4.78 is 3.48. The van der Waals surface area contributed by atoms with Gasteiger partial charge in [-0.1, -0.05) is 0 Å². The number of fused-ring (bicyclic) bond motifs is 1. The number of hydrogen-bond donors (Lipinski definition) is 1. The van der Waals surface area contributed by atoms with E-state index < -0.39 is 0 Å². The fraction of sp³-hybridized carbons (Fsp3) is 0.450. The normalized spacial score (nSPS) is 15.0. The number of piperidine rings is 1. The van der Waals surface area contributed by atoms with E-state index in [9.17, 15) is 4.79 Å². The van der Waals surface area contributed by atoms with Crippen molar-refractivity contribution in [2.75, 3.05) is 23.3 Å². The fourth-order valence-corrected chi connectivity index (χ4v) is 4.59. The molecule has 0 radical (unpaired) electrons. The second-order valence-corrected chi connectivity index (χ2v) is 8.28. The maximum absolute atomic E-state index is 12.4. The van der Waals surface area contributed by atoms with Crippen LogP contribution in [0.5, 0.6) is 0 Å². The van der Waals surface area contributed by atoms with Crippen LogP contribution >= 0.6 is 11.3 Å². The first-order chi connectivity index (χ1) is 12.6. The number of hydrogen-bond acceptors (Lipinski definition) is 4. The van der Waals surface area contributed by atoms with E-state index in [1.165, 1.54) is 35.4 Å². The van der Waals surface area contributed by atoms with Crippen LogP contribution in [0, 0.1) is 6.92 Å². The Bertz CT molecular complexity index is 991. The van der Waals surface area contributed by atoms with Gasteiger partial charge in [-0.3, -0.25) is 9.13 Å². The molecule has 3 heterocycles. The molecule has 0 unspecified atom stereocenters. The van der Waals surface area contributed by atoms with E-state index in [-0.39, 0.29) is 5.69 Å². The van der Waals surface area contributed by atoms with Gasteiger partial charge in [0.1, 0.15) is 0 Å². The van der Waals surface area contributed by atoms with E-state index in [4.69, 9.17) is 0 Å². The molecule has 0 saturated carbocycles. The fourth-order valence-electron chi connectivity index (χ4n) is 3.86. The van der Waals surface area contributed by atoms with Gasteiger partial charge in [-0.05, 0) is 55.3 Å². The average Bonchev–Trinajstić information content (AvgIpc) is 3.17. The monoisotopic (exact) mass is 370 g/mol. The maximum Gasteiger partial charge on any atom is 0.328 e. The predicted octanol–water partition coefficient (Wildman–Crippen LogP) is 3.85. The second-order valence-electron chi connectivity index (χ2n) is 7.16. The number of imidazole rings is 1. The van der Waals surface area contributed by atoms with Crippen LogP contribution in [-0.2, 0) is 20.6 Å². The molecule has 1 fully saturated rings. The highest BCUT2D eigenvalue weighted by Crippen LogP contribution is 2.33. The molecule has 0 amide bonds. The predicted molar refractivity (Wildman–Crippen MR) is 111 cm³/mol. The van der Waals surface area contributed by atoms with E-state index in [0.29, 0.717) is 0 Å². The minimum Gasteiger partial charge on any atom is -0.379 e. The molecule has 3 aromatic rings. The topological polar surface area (TPSA) is 42.2 Å². The highest BCUT2D eigenvalue weighted by atomic mass is 32.1. The minimum atomic E-state index is 0.0235. The summed E-state index contributed by atoms with van der Waals surface area (Å²) in [6, 6.07) is 6.51. The smallest absolute Gasteiger partial charge is 0.328 e. The molecule has 1 aliphatic rings. The lowest BCUT2D eigenvalue weighted by molar-refractivity contribution is 0.578. The minimum absolute atomic E-state index is 0.0235. The van der Waals surface area contributed by atoms with E-state index in [1.807, 2.05) is 14.1 Å². The summed E-state index contributed by atoms with van der Waals surface area (Å²) in [5, 5.41) is 5.78. The molecule has 2 aromatic heterocycles. The van der Waals surface area contributed by atoms with Crippen molar-refractivity contribution in [3.8, 4) is 0 Å². The summed E-state index contributed by atoms with van der Waals surface area (Å²) in [6.45, 7) is 5.14.